The van der Waals surface area contributed by atoms with Gasteiger partial charge in [0, 0.05) is 19.6 Å². The lowest BCUT2D eigenvalue weighted by molar-refractivity contribution is -0.143. The standard InChI is InChI=1S/C14H26N2O5S/c1-10-7-11(12(17)18)9-16(8-10)13(19)15-5-6-22(20,21)14(2,3)4/h10-11H,5-9H2,1-4H3,(H,15,19)(H,17,18). The summed E-state index contributed by atoms with van der Waals surface area (Å²) in [5.74, 6) is -1.49. The number of amides is 2. The third kappa shape index (κ3) is 4.86. The monoisotopic (exact) mass is 334 g/mol. The Labute approximate surface area is 132 Å². The molecular formula is C14H26N2O5S. The summed E-state index contributed by atoms with van der Waals surface area (Å²) >= 11 is 0. The molecule has 1 fully saturated rings. The SMILES string of the molecule is CC1CC(C(=O)O)CN(C(=O)NCCS(=O)(=O)C(C)(C)C)C1. The zero-order valence-corrected chi connectivity index (χ0v) is 14.4. The maximum absolute atomic E-state index is 12.1. The zero-order valence-electron chi connectivity index (χ0n) is 13.6. The fraction of sp³-hybridized carbons (Fsp3) is 0.857. The first-order chi connectivity index (χ1) is 9.94. The smallest absolute Gasteiger partial charge is 0.317 e. The molecule has 1 aliphatic heterocycles. The van der Waals surface area contributed by atoms with Gasteiger partial charge < -0.3 is 15.3 Å². The zero-order chi connectivity index (χ0) is 17.1. The van der Waals surface area contributed by atoms with Crippen LogP contribution in [0.25, 0.3) is 0 Å². The number of carboxylic acids is 1. The summed E-state index contributed by atoms with van der Waals surface area (Å²) in [5, 5.41) is 11.7. The van der Waals surface area contributed by atoms with Gasteiger partial charge in [0.15, 0.2) is 9.84 Å². The van der Waals surface area contributed by atoms with Crippen LogP contribution in [0.1, 0.15) is 34.1 Å². The van der Waals surface area contributed by atoms with E-state index in [9.17, 15) is 18.0 Å². The minimum Gasteiger partial charge on any atom is -0.481 e. The number of likely N-dealkylation sites (tertiary alicyclic amines) is 1. The third-order valence-corrected chi connectivity index (χ3v) is 6.48. The molecule has 1 saturated heterocycles. The van der Waals surface area contributed by atoms with Crippen molar-refractivity contribution in [2.75, 3.05) is 25.4 Å². The summed E-state index contributed by atoms with van der Waals surface area (Å²) < 4.78 is 23.1. The molecule has 0 spiro atoms. The Balaban J connectivity index is 2.54. The summed E-state index contributed by atoms with van der Waals surface area (Å²) in [7, 11) is -3.29. The van der Waals surface area contributed by atoms with Gasteiger partial charge >= 0.3 is 12.0 Å². The molecule has 2 amide bonds. The van der Waals surface area contributed by atoms with Crippen molar-refractivity contribution in [1.82, 2.24) is 10.2 Å². The Morgan fingerprint density at radius 1 is 1.27 bits per heavy atom. The number of sulfone groups is 1. The average Bonchev–Trinajstić information content (AvgIpc) is 2.36. The number of nitrogens with zero attached hydrogens (tertiary/aromatic N) is 1. The summed E-state index contributed by atoms with van der Waals surface area (Å²) in [6.45, 7) is 7.44. The number of piperidine rings is 1. The van der Waals surface area contributed by atoms with E-state index in [4.69, 9.17) is 5.11 Å². The number of hydrogen-bond acceptors (Lipinski definition) is 4. The van der Waals surface area contributed by atoms with E-state index in [0.717, 1.165) is 0 Å². The van der Waals surface area contributed by atoms with E-state index in [1.54, 1.807) is 20.8 Å². The van der Waals surface area contributed by atoms with Crippen molar-refractivity contribution in [3.05, 3.63) is 0 Å². The molecule has 8 heteroatoms. The molecule has 0 aromatic rings. The summed E-state index contributed by atoms with van der Waals surface area (Å²) in [5.41, 5.74) is 0. The van der Waals surface area contributed by atoms with Crippen LogP contribution in [0.5, 0.6) is 0 Å². The Hall–Kier alpha value is -1.31. The number of carbonyl (C=O) groups excluding carboxylic acids is 1. The molecule has 22 heavy (non-hydrogen) atoms. The topological polar surface area (TPSA) is 104 Å². The van der Waals surface area contributed by atoms with Crippen LogP contribution in [0.4, 0.5) is 4.79 Å². The van der Waals surface area contributed by atoms with E-state index >= 15 is 0 Å². The number of urea groups is 1. The first kappa shape index (κ1) is 18.7. The quantitative estimate of drug-likeness (QED) is 0.796. The van der Waals surface area contributed by atoms with Crippen molar-refractivity contribution >= 4 is 21.8 Å². The number of carbonyl (C=O) groups is 2. The van der Waals surface area contributed by atoms with Crippen LogP contribution in [0.2, 0.25) is 0 Å². The molecule has 2 N–H and O–H groups in total. The van der Waals surface area contributed by atoms with Crippen LogP contribution in [-0.2, 0) is 14.6 Å². The fourth-order valence-corrected chi connectivity index (χ4v) is 3.39. The molecule has 1 rings (SSSR count). The van der Waals surface area contributed by atoms with Crippen molar-refractivity contribution in [2.24, 2.45) is 11.8 Å². The normalized spacial score (nSPS) is 23.2. The van der Waals surface area contributed by atoms with Crippen molar-refractivity contribution in [3.63, 3.8) is 0 Å². The summed E-state index contributed by atoms with van der Waals surface area (Å²) in [6.07, 6.45) is 0.553. The van der Waals surface area contributed by atoms with Gasteiger partial charge in [0.05, 0.1) is 16.4 Å². The lowest BCUT2D eigenvalue weighted by Gasteiger charge is -2.34. The van der Waals surface area contributed by atoms with Gasteiger partial charge in [-0.3, -0.25) is 4.79 Å². The molecule has 0 aromatic heterocycles. The molecule has 0 radical (unpaired) electrons. The predicted octanol–water partition coefficient (Wildman–Crippen LogP) is 0.952. The maximum Gasteiger partial charge on any atom is 0.317 e. The number of rotatable bonds is 4. The van der Waals surface area contributed by atoms with Gasteiger partial charge in [0.1, 0.15) is 0 Å². The highest BCUT2D eigenvalue weighted by molar-refractivity contribution is 7.92. The van der Waals surface area contributed by atoms with Crippen LogP contribution in [0, 0.1) is 11.8 Å². The molecule has 0 aliphatic carbocycles. The predicted molar refractivity (Wildman–Crippen MR) is 83.4 cm³/mol. The second-order valence-electron chi connectivity index (χ2n) is 6.94. The number of carboxylic acid groups (broad SMARTS) is 1. The average molecular weight is 334 g/mol. The Morgan fingerprint density at radius 2 is 1.86 bits per heavy atom. The van der Waals surface area contributed by atoms with Crippen molar-refractivity contribution in [3.8, 4) is 0 Å². The number of nitrogens with one attached hydrogen (secondary N) is 1. The molecule has 1 aliphatic rings. The van der Waals surface area contributed by atoms with Crippen molar-refractivity contribution < 1.29 is 23.1 Å². The Morgan fingerprint density at radius 3 is 2.36 bits per heavy atom. The largest absolute Gasteiger partial charge is 0.481 e. The minimum atomic E-state index is -3.29. The molecule has 1 heterocycles. The van der Waals surface area contributed by atoms with Crippen LogP contribution in [0.3, 0.4) is 0 Å². The summed E-state index contributed by atoms with van der Waals surface area (Å²) in [6, 6.07) is -0.401. The van der Waals surface area contributed by atoms with Gasteiger partial charge in [0.2, 0.25) is 0 Å². The van der Waals surface area contributed by atoms with E-state index in [-0.39, 0.29) is 24.8 Å². The molecule has 0 bridgehead atoms. The summed E-state index contributed by atoms with van der Waals surface area (Å²) in [4.78, 5) is 24.6. The van der Waals surface area contributed by atoms with Gasteiger partial charge in [-0.15, -0.1) is 0 Å². The molecule has 2 unspecified atom stereocenters. The lowest BCUT2D eigenvalue weighted by atomic mass is 9.91. The van der Waals surface area contributed by atoms with Gasteiger partial charge in [-0.25, -0.2) is 13.2 Å². The van der Waals surface area contributed by atoms with E-state index in [0.29, 0.717) is 13.0 Å². The van der Waals surface area contributed by atoms with Crippen LogP contribution < -0.4 is 5.32 Å². The molecule has 2 atom stereocenters. The minimum absolute atomic E-state index is 0.0288. The van der Waals surface area contributed by atoms with Gasteiger partial charge in [-0.05, 0) is 33.1 Å². The second-order valence-corrected chi connectivity index (χ2v) is 9.81. The van der Waals surface area contributed by atoms with Gasteiger partial charge in [0.25, 0.3) is 0 Å². The number of hydrogen-bond donors (Lipinski definition) is 2. The number of aliphatic carboxylic acids is 1. The van der Waals surface area contributed by atoms with Crippen LogP contribution >= 0.6 is 0 Å². The molecule has 0 saturated carbocycles. The van der Waals surface area contributed by atoms with Crippen LogP contribution in [0.15, 0.2) is 0 Å². The first-order valence-electron chi connectivity index (χ1n) is 7.42. The van der Waals surface area contributed by atoms with E-state index in [1.165, 1.54) is 4.90 Å². The third-order valence-electron chi connectivity index (χ3n) is 3.88. The maximum atomic E-state index is 12.1. The molecule has 7 nitrogen and oxygen atoms in total. The lowest BCUT2D eigenvalue weighted by Crippen LogP contribution is -2.50. The highest BCUT2D eigenvalue weighted by atomic mass is 32.2. The van der Waals surface area contributed by atoms with E-state index in [2.05, 4.69) is 5.32 Å². The highest BCUT2D eigenvalue weighted by Gasteiger charge is 2.32. The van der Waals surface area contributed by atoms with Gasteiger partial charge in [-0.2, -0.15) is 0 Å². The van der Waals surface area contributed by atoms with E-state index < -0.39 is 32.5 Å². The first-order valence-corrected chi connectivity index (χ1v) is 9.07. The van der Waals surface area contributed by atoms with Crippen molar-refractivity contribution in [2.45, 2.75) is 38.9 Å². The Kier molecular flexibility index (Phi) is 5.83. The highest BCUT2D eigenvalue weighted by Crippen LogP contribution is 2.21. The fourth-order valence-electron chi connectivity index (χ4n) is 2.41. The molecule has 0 aromatic carbocycles. The van der Waals surface area contributed by atoms with Crippen molar-refractivity contribution in [1.29, 1.82) is 0 Å². The van der Waals surface area contributed by atoms with Gasteiger partial charge in [-0.1, -0.05) is 6.92 Å². The van der Waals surface area contributed by atoms with Crippen LogP contribution in [-0.4, -0.2) is 60.6 Å². The molecular weight excluding hydrogens is 308 g/mol. The molecule has 128 valence electrons. The second kappa shape index (κ2) is 6.85. The Bertz CT molecular complexity index is 524. The van der Waals surface area contributed by atoms with E-state index in [1.807, 2.05) is 6.92 Å².